The van der Waals surface area contributed by atoms with E-state index in [1.165, 1.54) is 47.4 Å². The molecule has 2 heterocycles. The summed E-state index contributed by atoms with van der Waals surface area (Å²) < 4.78 is 52.1. The van der Waals surface area contributed by atoms with Crippen LogP contribution in [-0.2, 0) is 27.9 Å². The molecule has 1 amide bonds. The summed E-state index contributed by atoms with van der Waals surface area (Å²) >= 11 is 0. The molecule has 1 saturated carbocycles. The van der Waals surface area contributed by atoms with Crippen molar-refractivity contribution in [3.05, 3.63) is 65.6 Å². The third kappa shape index (κ3) is 4.46. The first-order valence-electron chi connectivity index (χ1n) is 10.5. The lowest BCUT2D eigenvalue weighted by atomic mass is 9.85. The van der Waals surface area contributed by atoms with Crippen LogP contribution >= 0.6 is 0 Å². The maximum absolute atomic E-state index is 13.1. The number of benzene rings is 2. The molecule has 1 N–H and O–H groups in total. The molecule has 33 heavy (non-hydrogen) atoms. The number of aromatic nitrogens is 2. The Labute approximate surface area is 189 Å². The van der Waals surface area contributed by atoms with Crippen molar-refractivity contribution >= 4 is 21.6 Å². The quantitative estimate of drug-likeness (QED) is 0.562. The molecule has 0 atom stereocenters. The van der Waals surface area contributed by atoms with Gasteiger partial charge in [0, 0.05) is 12.5 Å². The fourth-order valence-electron chi connectivity index (χ4n) is 3.68. The highest BCUT2D eigenvalue weighted by atomic mass is 32.2. The highest BCUT2D eigenvalue weighted by Crippen LogP contribution is 2.37. The second-order valence-corrected chi connectivity index (χ2v) is 9.79. The maximum Gasteiger partial charge on any atom is 0.265 e. The van der Waals surface area contributed by atoms with E-state index in [1.807, 2.05) is 0 Å². The van der Waals surface area contributed by atoms with E-state index in [4.69, 9.17) is 9.26 Å². The van der Waals surface area contributed by atoms with Crippen LogP contribution in [0.1, 0.15) is 42.5 Å². The molecule has 2 aliphatic rings. The van der Waals surface area contributed by atoms with Crippen LogP contribution < -0.4 is 14.4 Å². The van der Waals surface area contributed by atoms with Gasteiger partial charge in [-0.25, -0.2) is 17.5 Å². The second kappa shape index (κ2) is 8.56. The molecule has 1 aliphatic heterocycles. The molecule has 172 valence electrons. The number of amides is 1. The average Bonchev–Trinajstić information content (AvgIpc) is 3.21. The van der Waals surface area contributed by atoms with E-state index in [0.29, 0.717) is 28.7 Å². The van der Waals surface area contributed by atoms with E-state index in [-0.39, 0.29) is 36.4 Å². The van der Waals surface area contributed by atoms with Crippen molar-refractivity contribution in [3.63, 3.8) is 0 Å². The number of sulfonamides is 1. The predicted octanol–water partition coefficient (Wildman–Crippen LogP) is 2.88. The lowest BCUT2D eigenvalue weighted by Crippen LogP contribution is -2.38. The van der Waals surface area contributed by atoms with Crippen molar-refractivity contribution in [2.75, 3.05) is 11.5 Å². The Kier molecular flexibility index (Phi) is 5.59. The van der Waals surface area contributed by atoms with E-state index >= 15 is 0 Å². The molecule has 5 rings (SSSR count). The summed E-state index contributed by atoms with van der Waals surface area (Å²) in [6, 6.07) is 9.82. The lowest BCUT2D eigenvalue weighted by Gasteiger charge is -2.28. The summed E-state index contributed by atoms with van der Waals surface area (Å²) in [5, 5.41) is 3.98. The number of nitrogens with one attached hydrogen (secondary N) is 1. The standard InChI is InChI=1S/C22H21FN4O5S/c23-16-6-4-14(5-7-16)11-24-33(29,30)17-8-9-19-18(10-17)27(21(28)13-31-19)12-20-25-22(32-26-20)15-2-1-3-15/h4-10,15,24H,1-3,11-13H2. The highest BCUT2D eigenvalue weighted by Gasteiger charge is 2.30. The first-order valence-corrected chi connectivity index (χ1v) is 12.0. The Bertz CT molecular complexity index is 1290. The zero-order valence-corrected chi connectivity index (χ0v) is 18.3. The van der Waals surface area contributed by atoms with Crippen molar-refractivity contribution < 1.29 is 26.9 Å². The molecule has 0 spiro atoms. The minimum absolute atomic E-state index is 0.00829. The summed E-state index contributed by atoms with van der Waals surface area (Å²) in [5.41, 5.74) is 0.920. The second-order valence-electron chi connectivity index (χ2n) is 8.03. The Balaban J connectivity index is 1.37. The summed E-state index contributed by atoms with van der Waals surface area (Å²) in [7, 11) is -3.91. The number of carbonyl (C=O) groups excluding carboxylic acids is 1. The van der Waals surface area contributed by atoms with Gasteiger partial charge in [-0.05, 0) is 48.7 Å². The Morgan fingerprint density at radius 3 is 2.67 bits per heavy atom. The summed E-state index contributed by atoms with van der Waals surface area (Å²) in [6.45, 7) is -0.140. The molecule has 0 radical (unpaired) electrons. The molecule has 0 unspecified atom stereocenters. The van der Waals surface area contributed by atoms with Crippen LogP contribution in [0, 0.1) is 5.82 Å². The molecular weight excluding hydrogens is 451 g/mol. The number of hydrogen-bond acceptors (Lipinski definition) is 7. The zero-order valence-electron chi connectivity index (χ0n) is 17.5. The summed E-state index contributed by atoms with van der Waals surface area (Å²) in [4.78, 5) is 18.4. The molecule has 3 aromatic rings. The largest absolute Gasteiger partial charge is 0.482 e. The molecule has 9 nitrogen and oxygen atoms in total. The Morgan fingerprint density at radius 2 is 1.94 bits per heavy atom. The van der Waals surface area contributed by atoms with Crippen molar-refractivity contribution in [3.8, 4) is 5.75 Å². The number of fused-ring (bicyclic) bond motifs is 1. The van der Waals surface area contributed by atoms with Gasteiger partial charge in [0.2, 0.25) is 15.9 Å². The van der Waals surface area contributed by atoms with Crippen molar-refractivity contribution in [2.24, 2.45) is 0 Å². The zero-order chi connectivity index (χ0) is 23.0. The van der Waals surface area contributed by atoms with Gasteiger partial charge in [-0.1, -0.05) is 23.7 Å². The number of halogens is 1. The third-order valence-electron chi connectivity index (χ3n) is 5.80. The molecule has 1 fully saturated rings. The highest BCUT2D eigenvalue weighted by molar-refractivity contribution is 7.89. The van der Waals surface area contributed by atoms with Crippen LogP contribution in [0.25, 0.3) is 0 Å². The fourth-order valence-corrected chi connectivity index (χ4v) is 4.72. The molecular formula is C22H21FN4O5S. The SMILES string of the molecule is O=C1COc2ccc(S(=O)(=O)NCc3ccc(F)cc3)cc2N1Cc1noc(C2CCC2)n1. The predicted molar refractivity (Wildman–Crippen MR) is 114 cm³/mol. The van der Waals surface area contributed by atoms with Crippen LogP contribution in [0.4, 0.5) is 10.1 Å². The number of rotatable bonds is 7. The van der Waals surface area contributed by atoms with Crippen molar-refractivity contribution in [1.29, 1.82) is 0 Å². The van der Waals surface area contributed by atoms with E-state index in [0.717, 1.165) is 19.3 Å². The summed E-state index contributed by atoms with van der Waals surface area (Å²) in [6.07, 6.45) is 3.14. The van der Waals surface area contributed by atoms with Gasteiger partial charge in [0.1, 0.15) is 11.6 Å². The molecule has 0 bridgehead atoms. The van der Waals surface area contributed by atoms with Crippen LogP contribution in [0.2, 0.25) is 0 Å². The van der Waals surface area contributed by atoms with Crippen LogP contribution in [0.3, 0.4) is 0 Å². The van der Waals surface area contributed by atoms with Gasteiger partial charge in [0.15, 0.2) is 12.4 Å². The molecule has 11 heteroatoms. The van der Waals surface area contributed by atoms with E-state index in [1.54, 1.807) is 0 Å². The molecule has 2 aromatic carbocycles. The first-order chi connectivity index (χ1) is 15.9. The maximum atomic E-state index is 13.1. The number of ether oxygens (including phenoxy) is 1. The topological polar surface area (TPSA) is 115 Å². The van der Waals surface area contributed by atoms with Gasteiger partial charge >= 0.3 is 0 Å². The van der Waals surface area contributed by atoms with Crippen LogP contribution in [0.15, 0.2) is 51.9 Å². The van der Waals surface area contributed by atoms with Gasteiger partial charge < -0.3 is 9.26 Å². The number of carbonyl (C=O) groups is 1. The molecule has 1 aliphatic carbocycles. The van der Waals surface area contributed by atoms with Gasteiger partial charge in [-0.2, -0.15) is 4.98 Å². The van der Waals surface area contributed by atoms with Gasteiger partial charge in [0.05, 0.1) is 17.1 Å². The minimum atomic E-state index is -3.91. The summed E-state index contributed by atoms with van der Waals surface area (Å²) in [5.74, 6) is 0.825. The monoisotopic (exact) mass is 472 g/mol. The third-order valence-corrected chi connectivity index (χ3v) is 7.20. The van der Waals surface area contributed by atoms with Crippen LogP contribution in [-0.4, -0.2) is 31.1 Å². The van der Waals surface area contributed by atoms with Gasteiger partial charge in [-0.15, -0.1) is 0 Å². The smallest absolute Gasteiger partial charge is 0.265 e. The first kappa shape index (κ1) is 21.5. The molecule has 0 saturated heterocycles. The Hall–Kier alpha value is -3.31. The van der Waals surface area contributed by atoms with E-state index in [2.05, 4.69) is 14.9 Å². The van der Waals surface area contributed by atoms with E-state index in [9.17, 15) is 17.6 Å². The number of nitrogens with zero attached hydrogens (tertiary/aromatic N) is 3. The van der Waals surface area contributed by atoms with Crippen molar-refractivity contribution in [1.82, 2.24) is 14.9 Å². The normalized spacial score (nSPS) is 16.3. The number of hydrogen-bond donors (Lipinski definition) is 1. The van der Waals surface area contributed by atoms with E-state index < -0.39 is 15.8 Å². The average molecular weight is 472 g/mol. The Morgan fingerprint density at radius 1 is 1.15 bits per heavy atom. The number of anilines is 1. The van der Waals surface area contributed by atoms with Gasteiger partial charge in [0.25, 0.3) is 5.91 Å². The lowest BCUT2D eigenvalue weighted by molar-refractivity contribution is -0.121. The van der Waals surface area contributed by atoms with Crippen molar-refractivity contribution in [2.45, 2.75) is 43.2 Å². The van der Waals surface area contributed by atoms with Gasteiger partial charge in [-0.3, -0.25) is 9.69 Å². The molecule has 1 aromatic heterocycles. The van der Waals surface area contributed by atoms with Crippen LogP contribution in [0.5, 0.6) is 5.75 Å². The minimum Gasteiger partial charge on any atom is -0.482 e. The fraction of sp³-hybridized carbons (Fsp3) is 0.318.